The van der Waals surface area contributed by atoms with Gasteiger partial charge in [0.1, 0.15) is 0 Å². The van der Waals surface area contributed by atoms with Crippen LogP contribution in [0.2, 0.25) is 5.02 Å². The van der Waals surface area contributed by atoms with Gasteiger partial charge in [-0.05, 0) is 19.1 Å². The van der Waals surface area contributed by atoms with E-state index in [2.05, 4.69) is 4.72 Å². The minimum absolute atomic E-state index is 0.0415. The van der Waals surface area contributed by atoms with E-state index in [1.54, 1.807) is 19.1 Å². The Bertz CT molecular complexity index is 834. The summed E-state index contributed by atoms with van der Waals surface area (Å²) < 4.78 is 26.5. The number of hydrogen-bond acceptors (Lipinski definition) is 5. The molecule has 0 saturated heterocycles. The zero-order chi connectivity index (χ0) is 16.5. The van der Waals surface area contributed by atoms with Crippen molar-refractivity contribution in [2.75, 3.05) is 4.72 Å². The zero-order valence-electron chi connectivity index (χ0n) is 11.3. The maximum absolute atomic E-state index is 12.2. The average Bonchev–Trinajstić information content (AvgIpc) is 2.43. The highest BCUT2D eigenvalue weighted by molar-refractivity contribution is 7.92. The van der Waals surface area contributed by atoms with Crippen molar-refractivity contribution in [3.8, 4) is 5.75 Å². The number of nitro benzene ring substituents is 1. The lowest BCUT2D eigenvalue weighted by Gasteiger charge is -2.10. The summed E-state index contributed by atoms with van der Waals surface area (Å²) in [4.78, 5) is 10.00. The van der Waals surface area contributed by atoms with Crippen LogP contribution < -0.4 is 4.72 Å². The van der Waals surface area contributed by atoms with Gasteiger partial charge in [0, 0.05) is 12.1 Å². The van der Waals surface area contributed by atoms with Crippen LogP contribution in [-0.2, 0) is 10.0 Å². The van der Waals surface area contributed by atoms with Crippen LogP contribution in [0.5, 0.6) is 5.75 Å². The maximum Gasteiger partial charge on any atom is 0.273 e. The Morgan fingerprint density at radius 2 is 1.82 bits per heavy atom. The molecule has 2 aromatic rings. The van der Waals surface area contributed by atoms with Crippen molar-refractivity contribution >= 4 is 33.0 Å². The van der Waals surface area contributed by atoms with Crippen LogP contribution in [0.4, 0.5) is 11.4 Å². The number of hydrogen-bond donors (Lipinski definition) is 2. The summed E-state index contributed by atoms with van der Waals surface area (Å²) in [6, 6.07) is 7.80. The molecular weight excluding hydrogens is 332 g/mol. The van der Waals surface area contributed by atoms with Crippen LogP contribution in [0.3, 0.4) is 0 Å². The lowest BCUT2D eigenvalue weighted by Crippen LogP contribution is -2.13. The van der Waals surface area contributed by atoms with Gasteiger partial charge in [-0.2, -0.15) is 0 Å². The number of anilines is 1. The smallest absolute Gasteiger partial charge is 0.273 e. The van der Waals surface area contributed by atoms with Gasteiger partial charge in [-0.3, -0.25) is 14.8 Å². The topological polar surface area (TPSA) is 110 Å². The zero-order valence-corrected chi connectivity index (χ0v) is 12.9. The fourth-order valence-electron chi connectivity index (χ4n) is 1.69. The second-order valence-corrected chi connectivity index (χ2v) is 6.59. The van der Waals surface area contributed by atoms with Gasteiger partial charge in [0.15, 0.2) is 5.75 Å². The molecule has 0 amide bonds. The first kappa shape index (κ1) is 16.1. The lowest BCUT2D eigenvalue weighted by atomic mass is 10.2. The van der Waals surface area contributed by atoms with Gasteiger partial charge < -0.3 is 5.11 Å². The minimum atomic E-state index is -4.00. The van der Waals surface area contributed by atoms with E-state index in [9.17, 15) is 23.6 Å². The molecule has 2 N–H and O–H groups in total. The number of phenols is 1. The molecule has 0 saturated carbocycles. The second-order valence-electron chi connectivity index (χ2n) is 4.50. The van der Waals surface area contributed by atoms with E-state index < -0.39 is 26.4 Å². The summed E-state index contributed by atoms with van der Waals surface area (Å²) in [6.07, 6.45) is 0. The van der Waals surface area contributed by atoms with E-state index in [0.29, 0.717) is 0 Å². The molecule has 9 heteroatoms. The molecular formula is C13H11ClN2O5S. The maximum atomic E-state index is 12.2. The summed E-state index contributed by atoms with van der Waals surface area (Å²) >= 11 is 5.67. The number of phenolic OH excluding ortho intramolecular Hbond substituents is 1. The van der Waals surface area contributed by atoms with Crippen molar-refractivity contribution < 1.29 is 18.4 Å². The summed E-state index contributed by atoms with van der Waals surface area (Å²) in [6.45, 7) is 1.80. The fourth-order valence-corrected chi connectivity index (χ4v) is 2.96. The molecule has 2 aromatic carbocycles. The van der Waals surface area contributed by atoms with Crippen molar-refractivity contribution in [3.05, 3.63) is 57.1 Å². The van der Waals surface area contributed by atoms with Crippen LogP contribution in [0, 0.1) is 17.0 Å². The van der Waals surface area contributed by atoms with E-state index in [4.69, 9.17) is 11.6 Å². The molecule has 2 rings (SSSR count). The Morgan fingerprint density at radius 1 is 1.23 bits per heavy atom. The number of non-ortho nitro benzene ring substituents is 1. The third-order valence-electron chi connectivity index (χ3n) is 2.83. The molecule has 0 aliphatic carbocycles. The number of rotatable bonds is 4. The molecule has 116 valence electrons. The predicted octanol–water partition coefficient (Wildman–Crippen LogP) is 3.06. The summed E-state index contributed by atoms with van der Waals surface area (Å²) in [7, 11) is -4.00. The van der Waals surface area contributed by atoms with Gasteiger partial charge in [0.2, 0.25) is 0 Å². The standard InChI is InChI=1S/C13H11ClN2O5S/c1-8-2-4-10(5-3-8)22(20,21)15-12-7-9(16(18)19)6-11(14)13(12)17/h2-7,15,17H,1H3. The van der Waals surface area contributed by atoms with Gasteiger partial charge in [0.25, 0.3) is 15.7 Å². The molecule has 22 heavy (non-hydrogen) atoms. The van der Waals surface area contributed by atoms with Crippen molar-refractivity contribution in [3.63, 3.8) is 0 Å². The Kier molecular flexibility index (Phi) is 4.25. The highest BCUT2D eigenvalue weighted by Crippen LogP contribution is 2.37. The molecule has 0 heterocycles. The molecule has 0 atom stereocenters. The number of aryl methyl sites for hydroxylation is 1. The molecule has 0 radical (unpaired) electrons. The number of nitrogens with zero attached hydrogens (tertiary/aromatic N) is 1. The van der Waals surface area contributed by atoms with Gasteiger partial charge in [-0.25, -0.2) is 8.42 Å². The van der Waals surface area contributed by atoms with Gasteiger partial charge in [0.05, 0.1) is 20.5 Å². The number of sulfonamides is 1. The largest absolute Gasteiger partial charge is 0.504 e. The summed E-state index contributed by atoms with van der Waals surface area (Å²) in [5.74, 6) is -0.581. The van der Waals surface area contributed by atoms with E-state index in [1.807, 2.05) is 0 Å². The van der Waals surface area contributed by atoms with Crippen molar-refractivity contribution in [2.45, 2.75) is 11.8 Å². The highest BCUT2D eigenvalue weighted by Gasteiger charge is 2.20. The molecule has 0 fully saturated rings. The van der Waals surface area contributed by atoms with Crippen LogP contribution in [-0.4, -0.2) is 18.4 Å². The Hall–Kier alpha value is -2.32. The normalized spacial score (nSPS) is 11.2. The van der Waals surface area contributed by atoms with E-state index in [0.717, 1.165) is 17.7 Å². The number of benzene rings is 2. The van der Waals surface area contributed by atoms with Gasteiger partial charge >= 0.3 is 0 Å². The van der Waals surface area contributed by atoms with Crippen LogP contribution in [0.15, 0.2) is 41.3 Å². The van der Waals surface area contributed by atoms with Gasteiger partial charge in [-0.1, -0.05) is 29.3 Å². The highest BCUT2D eigenvalue weighted by atomic mass is 35.5. The lowest BCUT2D eigenvalue weighted by molar-refractivity contribution is -0.384. The molecule has 7 nitrogen and oxygen atoms in total. The number of nitrogens with one attached hydrogen (secondary N) is 1. The number of aromatic hydroxyl groups is 1. The molecule has 0 bridgehead atoms. The second kappa shape index (κ2) is 5.82. The third-order valence-corrected chi connectivity index (χ3v) is 4.50. The van der Waals surface area contributed by atoms with Gasteiger partial charge in [-0.15, -0.1) is 0 Å². The molecule has 0 aromatic heterocycles. The van der Waals surface area contributed by atoms with Crippen molar-refractivity contribution in [1.82, 2.24) is 0 Å². The SMILES string of the molecule is Cc1ccc(S(=O)(=O)Nc2cc([N+](=O)[O-])cc(Cl)c2O)cc1. The first-order valence-corrected chi connectivity index (χ1v) is 7.83. The first-order valence-electron chi connectivity index (χ1n) is 5.97. The minimum Gasteiger partial charge on any atom is -0.504 e. The van der Waals surface area contributed by atoms with Crippen LogP contribution in [0.1, 0.15) is 5.56 Å². The van der Waals surface area contributed by atoms with Crippen LogP contribution in [0.25, 0.3) is 0 Å². The average molecular weight is 343 g/mol. The van der Waals surface area contributed by atoms with E-state index in [1.165, 1.54) is 12.1 Å². The van der Waals surface area contributed by atoms with E-state index >= 15 is 0 Å². The number of nitro groups is 1. The first-order chi connectivity index (χ1) is 10.2. The third kappa shape index (κ3) is 3.29. The van der Waals surface area contributed by atoms with Crippen LogP contribution >= 0.6 is 11.6 Å². The molecule has 0 aliphatic rings. The van der Waals surface area contributed by atoms with Crippen molar-refractivity contribution in [2.24, 2.45) is 0 Å². The summed E-state index contributed by atoms with van der Waals surface area (Å²) in [5, 5.41) is 20.2. The monoisotopic (exact) mass is 342 g/mol. The Balaban J connectivity index is 2.45. The Morgan fingerprint density at radius 3 is 2.36 bits per heavy atom. The summed E-state index contributed by atoms with van der Waals surface area (Å²) in [5.41, 5.74) is 0.0735. The Labute approximate surface area is 131 Å². The molecule has 0 aliphatic heterocycles. The molecule has 0 spiro atoms. The number of halogens is 1. The molecule has 0 unspecified atom stereocenters. The fraction of sp³-hybridized carbons (Fsp3) is 0.0769. The predicted molar refractivity (Wildman–Crippen MR) is 81.8 cm³/mol. The quantitative estimate of drug-likeness (QED) is 0.504. The van der Waals surface area contributed by atoms with E-state index in [-0.39, 0.29) is 15.6 Å². The van der Waals surface area contributed by atoms with Crippen molar-refractivity contribution in [1.29, 1.82) is 0 Å².